The van der Waals surface area contributed by atoms with Crippen LogP contribution in [0.2, 0.25) is 0 Å². The molecule has 2 N–H and O–H groups in total. The molecule has 1 heterocycles. The van der Waals surface area contributed by atoms with Gasteiger partial charge in [-0.1, -0.05) is 23.8 Å². The van der Waals surface area contributed by atoms with Crippen molar-refractivity contribution in [3.8, 4) is 0 Å². The highest BCUT2D eigenvalue weighted by Gasteiger charge is 2.07. The van der Waals surface area contributed by atoms with Crippen molar-refractivity contribution in [3.63, 3.8) is 0 Å². The van der Waals surface area contributed by atoms with Gasteiger partial charge in [0, 0.05) is 5.56 Å². The summed E-state index contributed by atoms with van der Waals surface area (Å²) >= 11 is 0. The number of aromatic nitrogens is 2. The minimum absolute atomic E-state index is 0.0877. The molecule has 3 rings (SSSR count). The predicted octanol–water partition coefficient (Wildman–Crippen LogP) is 3.11. The van der Waals surface area contributed by atoms with Crippen LogP contribution in [0.25, 0.3) is 11.0 Å². The van der Waals surface area contributed by atoms with E-state index in [1.165, 1.54) is 5.56 Å². The second-order valence-electron chi connectivity index (χ2n) is 5.26. The van der Waals surface area contributed by atoms with E-state index in [0.717, 1.165) is 22.4 Å². The van der Waals surface area contributed by atoms with Crippen molar-refractivity contribution in [2.75, 3.05) is 0 Å². The molecule has 0 saturated carbocycles. The maximum Gasteiger partial charge on any atom is 0.251 e. The van der Waals surface area contributed by atoms with E-state index in [1.807, 2.05) is 56.3 Å². The van der Waals surface area contributed by atoms with Crippen molar-refractivity contribution >= 4 is 16.9 Å². The Balaban J connectivity index is 1.72. The van der Waals surface area contributed by atoms with Crippen LogP contribution in [-0.2, 0) is 6.54 Å². The van der Waals surface area contributed by atoms with E-state index in [2.05, 4.69) is 15.3 Å². The van der Waals surface area contributed by atoms with Crippen LogP contribution in [0.5, 0.6) is 0 Å². The van der Waals surface area contributed by atoms with Crippen molar-refractivity contribution in [2.45, 2.75) is 20.4 Å². The van der Waals surface area contributed by atoms with E-state index in [0.29, 0.717) is 12.1 Å². The second kappa shape index (κ2) is 5.40. The molecule has 1 amide bonds. The molecule has 2 aromatic carbocycles. The largest absolute Gasteiger partial charge is 0.345 e. The van der Waals surface area contributed by atoms with Crippen molar-refractivity contribution in [1.29, 1.82) is 0 Å². The fraction of sp³-hybridized carbons (Fsp3) is 0.176. The van der Waals surface area contributed by atoms with Gasteiger partial charge in [0.2, 0.25) is 0 Å². The minimum atomic E-state index is -0.0877. The summed E-state index contributed by atoms with van der Waals surface area (Å²) < 4.78 is 0. The fourth-order valence-electron chi connectivity index (χ4n) is 2.31. The summed E-state index contributed by atoms with van der Waals surface area (Å²) in [6, 6.07) is 13.6. The van der Waals surface area contributed by atoms with Gasteiger partial charge in [-0.2, -0.15) is 0 Å². The van der Waals surface area contributed by atoms with Crippen LogP contribution in [0.3, 0.4) is 0 Å². The molecule has 0 aliphatic carbocycles. The van der Waals surface area contributed by atoms with Gasteiger partial charge in [-0.05, 0) is 43.7 Å². The summed E-state index contributed by atoms with van der Waals surface area (Å²) in [6.45, 7) is 4.40. The molecule has 21 heavy (non-hydrogen) atoms. The van der Waals surface area contributed by atoms with E-state index in [1.54, 1.807) is 0 Å². The predicted molar refractivity (Wildman–Crippen MR) is 83.2 cm³/mol. The number of nitrogens with one attached hydrogen (secondary N) is 2. The van der Waals surface area contributed by atoms with Crippen LogP contribution in [-0.4, -0.2) is 15.9 Å². The molecule has 0 aliphatic rings. The molecule has 0 unspecified atom stereocenters. The third-order valence-electron chi connectivity index (χ3n) is 3.38. The van der Waals surface area contributed by atoms with Crippen molar-refractivity contribution in [1.82, 2.24) is 15.3 Å². The number of hydrogen-bond donors (Lipinski definition) is 2. The van der Waals surface area contributed by atoms with Crippen LogP contribution in [0.4, 0.5) is 0 Å². The number of carbonyl (C=O) groups is 1. The zero-order valence-corrected chi connectivity index (χ0v) is 12.1. The molecule has 106 valence electrons. The maximum absolute atomic E-state index is 12.1. The summed E-state index contributed by atoms with van der Waals surface area (Å²) in [4.78, 5) is 19.8. The zero-order chi connectivity index (χ0) is 14.8. The Bertz CT molecular complexity index is 805. The lowest BCUT2D eigenvalue weighted by Crippen LogP contribution is -2.23. The lowest BCUT2D eigenvalue weighted by atomic mass is 10.1. The maximum atomic E-state index is 12.1. The van der Waals surface area contributed by atoms with E-state index < -0.39 is 0 Å². The monoisotopic (exact) mass is 279 g/mol. The molecule has 0 aliphatic heterocycles. The van der Waals surface area contributed by atoms with Crippen molar-refractivity contribution < 1.29 is 4.79 Å². The lowest BCUT2D eigenvalue weighted by Gasteiger charge is -2.03. The number of rotatable bonds is 3. The summed E-state index contributed by atoms with van der Waals surface area (Å²) in [6.07, 6.45) is 0. The smallest absolute Gasteiger partial charge is 0.251 e. The van der Waals surface area contributed by atoms with Gasteiger partial charge in [0.1, 0.15) is 5.82 Å². The number of imidazole rings is 1. The SMILES string of the molecule is Cc1cccc(C(=O)NCc2nc3ccc(C)cc3[nH]2)c1. The fourth-order valence-corrected chi connectivity index (χ4v) is 2.31. The highest BCUT2D eigenvalue weighted by molar-refractivity contribution is 5.94. The third kappa shape index (κ3) is 2.94. The van der Waals surface area contributed by atoms with Gasteiger partial charge in [-0.25, -0.2) is 4.98 Å². The third-order valence-corrected chi connectivity index (χ3v) is 3.38. The number of carbonyl (C=O) groups excluding carboxylic acids is 1. The molecule has 0 atom stereocenters. The van der Waals surface area contributed by atoms with Gasteiger partial charge >= 0.3 is 0 Å². The molecule has 0 saturated heterocycles. The topological polar surface area (TPSA) is 57.8 Å². The van der Waals surface area contributed by atoms with Crippen LogP contribution in [0, 0.1) is 13.8 Å². The molecule has 4 nitrogen and oxygen atoms in total. The summed E-state index contributed by atoms with van der Waals surface area (Å²) in [5.41, 5.74) is 4.83. The van der Waals surface area contributed by atoms with Gasteiger partial charge in [0.05, 0.1) is 17.6 Å². The van der Waals surface area contributed by atoms with Crippen LogP contribution >= 0.6 is 0 Å². The molecule has 0 bridgehead atoms. The first-order chi connectivity index (χ1) is 10.1. The van der Waals surface area contributed by atoms with E-state index in [4.69, 9.17) is 0 Å². The second-order valence-corrected chi connectivity index (χ2v) is 5.26. The summed E-state index contributed by atoms with van der Waals surface area (Å²) in [5.74, 6) is 0.673. The van der Waals surface area contributed by atoms with Gasteiger partial charge in [-0.3, -0.25) is 4.79 Å². The Labute approximate surface area is 123 Å². The first kappa shape index (κ1) is 13.4. The molecule has 1 aromatic heterocycles. The number of hydrogen-bond acceptors (Lipinski definition) is 2. The average Bonchev–Trinajstić information content (AvgIpc) is 2.86. The number of aryl methyl sites for hydroxylation is 2. The van der Waals surface area contributed by atoms with Gasteiger partial charge in [0.15, 0.2) is 0 Å². The zero-order valence-electron chi connectivity index (χ0n) is 12.1. The average molecular weight is 279 g/mol. The van der Waals surface area contributed by atoms with Crippen LogP contribution in [0.15, 0.2) is 42.5 Å². The van der Waals surface area contributed by atoms with E-state index in [9.17, 15) is 4.79 Å². The van der Waals surface area contributed by atoms with Gasteiger partial charge in [0.25, 0.3) is 5.91 Å². The molecular weight excluding hydrogens is 262 g/mol. The van der Waals surface area contributed by atoms with E-state index in [-0.39, 0.29) is 5.91 Å². The first-order valence-corrected chi connectivity index (χ1v) is 6.92. The Morgan fingerprint density at radius 2 is 1.95 bits per heavy atom. The highest BCUT2D eigenvalue weighted by atomic mass is 16.1. The molecule has 3 aromatic rings. The number of benzene rings is 2. The molecule has 4 heteroatoms. The Morgan fingerprint density at radius 3 is 2.76 bits per heavy atom. The Kier molecular flexibility index (Phi) is 3.44. The standard InChI is InChI=1S/C17H17N3O/c1-11-4-3-5-13(8-11)17(21)18-10-16-19-14-7-6-12(2)9-15(14)20-16/h3-9H,10H2,1-2H3,(H,18,21)(H,19,20). The summed E-state index contributed by atoms with van der Waals surface area (Å²) in [5, 5.41) is 2.89. The summed E-state index contributed by atoms with van der Waals surface area (Å²) in [7, 11) is 0. The first-order valence-electron chi connectivity index (χ1n) is 6.92. The highest BCUT2D eigenvalue weighted by Crippen LogP contribution is 2.13. The molecular formula is C17H17N3O. The van der Waals surface area contributed by atoms with Crippen LogP contribution < -0.4 is 5.32 Å². The lowest BCUT2D eigenvalue weighted by molar-refractivity contribution is 0.0950. The number of fused-ring (bicyclic) bond motifs is 1. The Morgan fingerprint density at radius 1 is 1.14 bits per heavy atom. The van der Waals surface area contributed by atoms with Crippen molar-refractivity contribution in [3.05, 3.63) is 65.0 Å². The van der Waals surface area contributed by atoms with Gasteiger partial charge in [-0.15, -0.1) is 0 Å². The van der Waals surface area contributed by atoms with Crippen molar-refractivity contribution in [2.24, 2.45) is 0 Å². The number of H-pyrrole nitrogens is 1. The molecule has 0 radical (unpaired) electrons. The molecule has 0 fully saturated rings. The van der Waals surface area contributed by atoms with E-state index >= 15 is 0 Å². The molecule has 0 spiro atoms. The quantitative estimate of drug-likeness (QED) is 0.774. The van der Waals surface area contributed by atoms with Crippen LogP contribution in [0.1, 0.15) is 27.3 Å². The number of amides is 1. The normalized spacial score (nSPS) is 10.8. The van der Waals surface area contributed by atoms with Gasteiger partial charge < -0.3 is 10.3 Å². The number of aromatic amines is 1. The Hall–Kier alpha value is -2.62. The minimum Gasteiger partial charge on any atom is -0.345 e. The number of nitrogens with zero attached hydrogens (tertiary/aromatic N) is 1.